The number of hydrogen-bond donors (Lipinski definition) is 4. The summed E-state index contributed by atoms with van der Waals surface area (Å²) >= 11 is 0. The van der Waals surface area contributed by atoms with E-state index in [-0.39, 0.29) is 17.9 Å². The number of aryl methyl sites for hydroxylation is 1. The van der Waals surface area contributed by atoms with E-state index in [2.05, 4.69) is 22.2 Å². The summed E-state index contributed by atoms with van der Waals surface area (Å²) < 4.78 is 0. The summed E-state index contributed by atoms with van der Waals surface area (Å²) in [6.45, 7) is 9.03. The summed E-state index contributed by atoms with van der Waals surface area (Å²) in [6.07, 6.45) is 11.5. The summed E-state index contributed by atoms with van der Waals surface area (Å²) in [4.78, 5) is 18.9. The number of aromatic amines is 1. The number of allylic oxidation sites excluding steroid dienone is 2. The molecule has 4 unspecified atom stereocenters. The number of carbonyl (C=O) groups excluding carboxylic acids is 1. The maximum absolute atomic E-state index is 11.4. The molecule has 162 valence electrons. The molecule has 1 aromatic heterocycles. The predicted octanol–water partition coefficient (Wildman–Crippen LogP) is 4.43. The number of imidazole rings is 1. The van der Waals surface area contributed by atoms with Gasteiger partial charge in [-0.05, 0) is 64.4 Å². The van der Waals surface area contributed by atoms with Crippen molar-refractivity contribution >= 4 is 11.6 Å². The molecule has 0 aromatic carbocycles. The van der Waals surface area contributed by atoms with Crippen LogP contribution in [0, 0.1) is 30.1 Å². The van der Waals surface area contributed by atoms with Crippen LogP contribution in [0.1, 0.15) is 83.3 Å². The SMILES string of the molecule is CC(C)=CC(=N)CC1CCCNC1=O.Cc1ncc(C(N)C2CCCC(C)C2)[nH]1. The van der Waals surface area contributed by atoms with E-state index in [0.29, 0.717) is 18.1 Å². The number of amides is 1. The molecule has 2 fully saturated rings. The highest BCUT2D eigenvalue weighted by atomic mass is 16.1. The average molecular weight is 402 g/mol. The van der Waals surface area contributed by atoms with Gasteiger partial charge in [0.25, 0.3) is 0 Å². The molecule has 2 aliphatic rings. The highest BCUT2D eigenvalue weighted by molar-refractivity contribution is 5.96. The van der Waals surface area contributed by atoms with Crippen molar-refractivity contribution in [2.75, 3.05) is 6.54 Å². The number of nitrogens with one attached hydrogen (secondary N) is 3. The first-order chi connectivity index (χ1) is 13.8. The van der Waals surface area contributed by atoms with Gasteiger partial charge >= 0.3 is 0 Å². The van der Waals surface area contributed by atoms with Gasteiger partial charge in [-0.25, -0.2) is 4.98 Å². The van der Waals surface area contributed by atoms with Gasteiger partial charge in [0.15, 0.2) is 0 Å². The molecule has 1 saturated carbocycles. The molecule has 4 atom stereocenters. The van der Waals surface area contributed by atoms with Crippen LogP contribution in [-0.4, -0.2) is 28.1 Å². The molecule has 0 bridgehead atoms. The van der Waals surface area contributed by atoms with E-state index in [1.807, 2.05) is 33.0 Å². The summed E-state index contributed by atoms with van der Waals surface area (Å²) in [6, 6.07) is 0.147. The second-order valence-corrected chi connectivity index (χ2v) is 9.06. The van der Waals surface area contributed by atoms with Gasteiger partial charge in [-0.1, -0.05) is 25.3 Å². The molecule has 1 aliphatic heterocycles. The number of nitrogens with zero attached hydrogens (tertiary/aromatic N) is 1. The van der Waals surface area contributed by atoms with Gasteiger partial charge in [0.05, 0.1) is 5.69 Å². The third-order valence-electron chi connectivity index (χ3n) is 5.90. The van der Waals surface area contributed by atoms with Gasteiger partial charge in [0, 0.05) is 36.8 Å². The van der Waals surface area contributed by atoms with Crippen LogP contribution < -0.4 is 11.1 Å². The molecule has 1 saturated heterocycles. The summed E-state index contributed by atoms with van der Waals surface area (Å²) in [5, 5.41) is 10.5. The first-order valence-corrected chi connectivity index (χ1v) is 11.0. The first kappa shape index (κ1) is 23.3. The Hall–Kier alpha value is -1.95. The van der Waals surface area contributed by atoms with E-state index in [0.717, 1.165) is 42.4 Å². The van der Waals surface area contributed by atoms with Gasteiger partial charge in [-0.3, -0.25) is 4.79 Å². The minimum absolute atomic E-state index is 0.0202. The Morgan fingerprint density at radius 1 is 1.34 bits per heavy atom. The van der Waals surface area contributed by atoms with E-state index in [1.54, 1.807) is 0 Å². The van der Waals surface area contributed by atoms with Crippen LogP contribution in [0.3, 0.4) is 0 Å². The number of carbonyl (C=O) groups is 1. The van der Waals surface area contributed by atoms with E-state index in [1.165, 1.54) is 25.7 Å². The quantitative estimate of drug-likeness (QED) is 0.548. The monoisotopic (exact) mass is 401 g/mol. The molecule has 0 radical (unpaired) electrons. The Bertz CT molecular complexity index is 704. The number of piperidine rings is 1. The molecular weight excluding hydrogens is 362 g/mol. The topological polar surface area (TPSA) is 108 Å². The zero-order chi connectivity index (χ0) is 21.4. The molecule has 0 spiro atoms. The molecule has 3 rings (SSSR count). The van der Waals surface area contributed by atoms with Crippen molar-refractivity contribution in [3.05, 3.63) is 29.4 Å². The molecule has 2 heterocycles. The zero-order valence-corrected chi connectivity index (χ0v) is 18.6. The minimum Gasteiger partial charge on any atom is -0.356 e. The van der Waals surface area contributed by atoms with Crippen molar-refractivity contribution in [1.82, 2.24) is 15.3 Å². The van der Waals surface area contributed by atoms with Crippen molar-refractivity contribution in [2.45, 2.75) is 78.7 Å². The largest absolute Gasteiger partial charge is 0.356 e. The van der Waals surface area contributed by atoms with Gasteiger partial charge in [-0.15, -0.1) is 0 Å². The van der Waals surface area contributed by atoms with Crippen LogP contribution in [-0.2, 0) is 4.79 Å². The molecule has 1 aromatic rings. The fourth-order valence-corrected chi connectivity index (χ4v) is 4.37. The molecule has 29 heavy (non-hydrogen) atoms. The van der Waals surface area contributed by atoms with Crippen LogP contribution in [0.15, 0.2) is 17.8 Å². The smallest absolute Gasteiger partial charge is 0.223 e. The van der Waals surface area contributed by atoms with E-state index in [9.17, 15) is 4.79 Å². The molecular formula is C23H39N5O. The number of aromatic nitrogens is 2. The summed E-state index contributed by atoms with van der Waals surface area (Å²) in [7, 11) is 0. The lowest BCUT2D eigenvalue weighted by Crippen LogP contribution is -2.37. The van der Waals surface area contributed by atoms with E-state index >= 15 is 0 Å². The number of hydrogen-bond acceptors (Lipinski definition) is 4. The van der Waals surface area contributed by atoms with Crippen LogP contribution in [0.2, 0.25) is 0 Å². The zero-order valence-electron chi connectivity index (χ0n) is 18.6. The highest BCUT2D eigenvalue weighted by Crippen LogP contribution is 2.35. The molecule has 6 heteroatoms. The van der Waals surface area contributed by atoms with Gasteiger partial charge in [-0.2, -0.15) is 0 Å². The minimum atomic E-state index is 0.0202. The van der Waals surface area contributed by atoms with Crippen molar-refractivity contribution < 1.29 is 4.79 Å². The van der Waals surface area contributed by atoms with Crippen LogP contribution in [0.4, 0.5) is 0 Å². The summed E-state index contributed by atoms with van der Waals surface area (Å²) in [5.41, 5.74) is 9.06. The Balaban J connectivity index is 0.000000208. The molecule has 6 nitrogen and oxygen atoms in total. The van der Waals surface area contributed by atoms with Gasteiger partial charge in [0.1, 0.15) is 5.82 Å². The summed E-state index contributed by atoms with van der Waals surface area (Å²) in [5.74, 6) is 2.56. The van der Waals surface area contributed by atoms with Crippen molar-refractivity contribution in [3.8, 4) is 0 Å². The number of H-pyrrole nitrogens is 1. The van der Waals surface area contributed by atoms with Gasteiger partial charge < -0.3 is 21.4 Å². The molecule has 1 aliphatic carbocycles. The molecule has 5 N–H and O–H groups in total. The van der Waals surface area contributed by atoms with Gasteiger partial charge in [0.2, 0.25) is 5.91 Å². The third-order valence-corrected chi connectivity index (χ3v) is 5.90. The van der Waals surface area contributed by atoms with Crippen LogP contribution >= 0.6 is 0 Å². The predicted molar refractivity (Wildman–Crippen MR) is 119 cm³/mol. The first-order valence-electron chi connectivity index (χ1n) is 11.0. The van der Waals surface area contributed by atoms with Crippen molar-refractivity contribution in [3.63, 3.8) is 0 Å². The Morgan fingerprint density at radius 3 is 2.69 bits per heavy atom. The van der Waals surface area contributed by atoms with Crippen LogP contribution in [0.25, 0.3) is 0 Å². The standard InChI is InChI=1S/C12H21N3.C11H18N2O/c1-8-4-3-5-10(6-8)12(13)11-7-14-9(2)15-11;1-8(2)6-10(12)7-9-4-3-5-13-11(9)14/h7-8,10,12H,3-6,13H2,1-2H3,(H,14,15);6,9,12H,3-5,7H2,1-2H3,(H,13,14). The number of nitrogens with two attached hydrogens (primary N) is 1. The average Bonchev–Trinajstić information content (AvgIpc) is 3.09. The Labute approximate surface area is 175 Å². The fourth-order valence-electron chi connectivity index (χ4n) is 4.37. The van der Waals surface area contributed by atoms with Crippen molar-refractivity contribution in [1.29, 1.82) is 5.41 Å². The lowest BCUT2D eigenvalue weighted by atomic mass is 9.78. The lowest BCUT2D eigenvalue weighted by molar-refractivity contribution is -0.126. The van der Waals surface area contributed by atoms with Crippen molar-refractivity contribution in [2.24, 2.45) is 23.5 Å². The maximum atomic E-state index is 11.4. The number of rotatable bonds is 5. The third kappa shape index (κ3) is 7.77. The second kappa shape index (κ2) is 11.3. The highest BCUT2D eigenvalue weighted by Gasteiger charge is 2.26. The second-order valence-electron chi connectivity index (χ2n) is 9.06. The lowest BCUT2D eigenvalue weighted by Gasteiger charge is -2.30. The van der Waals surface area contributed by atoms with E-state index in [4.69, 9.17) is 11.1 Å². The fraction of sp³-hybridized carbons (Fsp3) is 0.696. The molecule has 1 amide bonds. The van der Waals surface area contributed by atoms with E-state index < -0.39 is 0 Å². The maximum Gasteiger partial charge on any atom is 0.223 e. The Morgan fingerprint density at radius 2 is 2.10 bits per heavy atom. The normalized spacial score (nSPS) is 25.3. The Kier molecular flexibility index (Phi) is 9.08. The van der Waals surface area contributed by atoms with Crippen LogP contribution in [0.5, 0.6) is 0 Å².